The highest BCUT2D eigenvalue weighted by Crippen LogP contribution is 2.28. The Morgan fingerprint density at radius 1 is 1.38 bits per heavy atom. The van der Waals surface area contributed by atoms with Crippen LogP contribution in [0.4, 0.5) is 5.82 Å². The van der Waals surface area contributed by atoms with Gasteiger partial charge in [-0.1, -0.05) is 18.2 Å². The molecule has 2 aromatic heterocycles. The lowest BCUT2D eigenvalue weighted by molar-refractivity contribution is -0.117. The van der Waals surface area contributed by atoms with Gasteiger partial charge in [0.1, 0.15) is 5.52 Å². The minimum Gasteiger partial charge on any atom is -0.369 e. The SMILES string of the molecule is Cc1cc2c(N3CCc4c(CC(N)=O)cccc4C3)nccn2n1. The van der Waals surface area contributed by atoms with E-state index in [1.54, 1.807) is 6.20 Å². The lowest BCUT2D eigenvalue weighted by atomic mass is 9.93. The van der Waals surface area contributed by atoms with E-state index in [9.17, 15) is 4.79 Å². The van der Waals surface area contributed by atoms with Gasteiger partial charge < -0.3 is 10.6 Å². The predicted octanol–water partition coefficient (Wildman–Crippen LogP) is 1.63. The third-order valence-corrected chi connectivity index (χ3v) is 4.52. The highest BCUT2D eigenvalue weighted by Gasteiger charge is 2.22. The highest BCUT2D eigenvalue weighted by atomic mass is 16.1. The summed E-state index contributed by atoms with van der Waals surface area (Å²) in [5.41, 5.74) is 10.9. The molecular weight excluding hydrogens is 302 g/mol. The number of hydrogen-bond donors (Lipinski definition) is 1. The van der Waals surface area contributed by atoms with Crippen molar-refractivity contribution in [2.45, 2.75) is 26.3 Å². The molecule has 0 atom stereocenters. The zero-order valence-corrected chi connectivity index (χ0v) is 13.6. The molecular formula is C18H19N5O. The number of hydrogen-bond acceptors (Lipinski definition) is 4. The van der Waals surface area contributed by atoms with Gasteiger partial charge in [-0.15, -0.1) is 0 Å². The maximum absolute atomic E-state index is 11.3. The Kier molecular flexibility index (Phi) is 3.45. The zero-order chi connectivity index (χ0) is 16.7. The number of anilines is 1. The van der Waals surface area contributed by atoms with E-state index in [4.69, 9.17) is 5.73 Å². The number of amides is 1. The summed E-state index contributed by atoms with van der Waals surface area (Å²) in [4.78, 5) is 18.1. The fraction of sp³-hybridized carbons (Fsp3) is 0.278. The summed E-state index contributed by atoms with van der Waals surface area (Å²) in [5.74, 6) is 0.663. The number of nitrogens with zero attached hydrogens (tertiary/aromatic N) is 4. The number of rotatable bonds is 3. The van der Waals surface area contributed by atoms with Gasteiger partial charge in [0.2, 0.25) is 5.91 Å². The maximum atomic E-state index is 11.3. The molecule has 0 spiro atoms. The van der Waals surface area contributed by atoms with Gasteiger partial charge in [0.25, 0.3) is 0 Å². The summed E-state index contributed by atoms with van der Waals surface area (Å²) in [6, 6.07) is 8.17. The van der Waals surface area contributed by atoms with Gasteiger partial charge >= 0.3 is 0 Å². The van der Waals surface area contributed by atoms with Crippen LogP contribution in [0.25, 0.3) is 5.52 Å². The van der Waals surface area contributed by atoms with Gasteiger partial charge in [0.05, 0.1) is 12.1 Å². The molecule has 3 heterocycles. The average Bonchev–Trinajstić information content (AvgIpc) is 2.94. The minimum atomic E-state index is -0.285. The van der Waals surface area contributed by atoms with Crippen molar-refractivity contribution in [3.63, 3.8) is 0 Å². The summed E-state index contributed by atoms with van der Waals surface area (Å²) in [7, 11) is 0. The van der Waals surface area contributed by atoms with E-state index in [0.29, 0.717) is 6.42 Å². The third kappa shape index (κ3) is 2.50. The van der Waals surface area contributed by atoms with Crippen molar-refractivity contribution >= 4 is 17.2 Å². The zero-order valence-electron chi connectivity index (χ0n) is 13.6. The molecule has 24 heavy (non-hydrogen) atoms. The molecule has 0 fully saturated rings. The van der Waals surface area contributed by atoms with E-state index in [-0.39, 0.29) is 5.91 Å². The fourth-order valence-electron chi connectivity index (χ4n) is 3.50. The highest BCUT2D eigenvalue weighted by molar-refractivity contribution is 5.77. The Bertz CT molecular complexity index is 930. The van der Waals surface area contributed by atoms with Crippen LogP contribution < -0.4 is 10.6 Å². The van der Waals surface area contributed by atoms with Crippen LogP contribution >= 0.6 is 0 Å². The average molecular weight is 321 g/mol. The first kappa shape index (κ1) is 14.7. The molecule has 0 radical (unpaired) electrons. The predicted molar refractivity (Wildman–Crippen MR) is 91.8 cm³/mol. The number of fused-ring (bicyclic) bond motifs is 2. The van der Waals surface area contributed by atoms with Crippen molar-refractivity contribution in [2.75, 3.05) is 11.4 Å². The first-order chi connectivity index (χ1) is 11.6. The van der Waals surface area contributed by atoms with E-state index in [1.165, 1.54) is 11.1 Å². The van der Waals surface area contributed by atoms with Crippen LogP contribution in [0.1, 0.15) is 22.4 Å². The number of benzene rings is 1. The first-order valence-electron chi connectivity index (χ1n) is 8.05. The quantitative estimate of drug-likeness (QED) is 0.795. The molecule has 4 rings (SSSR count). The standard InChI is InChI=1S/C18H19N5O/c1-12-9-16-18(20-6-8-23(16)21-12)22-7-5-15-13(10-17(19)24)3-2-4-14(15)11-22/h2-4,6,8-9H,5,7,10-11H2,1H3,(H2,19,24). The van der Waals surface area contributed by atoms with Gasteiger partial charge in [-0.2, -0.15) is 5.10 Å². The summed E-state index contributed by atoms with van der Waals surface area (Å²) in [5, 5.41) is 4.46. The molecule has 0 bridgehead atoms. The Labute approximate surface area is 139 Å². The molecule has 6 nitrogen and oxygen atoms in total. The first-order valence-corrected chi connectivity index (χ1v) is 8.05. The monoisotopic (exact) mass is 321 g/mol. The molecule has 1 aromatic carbocycles. The van der Waals surface area contributed by atoms with Crippen LogP contribution in [0.5, 0.6) is 0 Å². The second-order valence-corrected chi connectivity index (χ2v) is 6.24. The Morgan fingerprint density at radius 3 is 3.08 bits per heavy atom. The second-order valence-electron chi connectivity index (χ2n) is 6.24. The number of aryl methyl sites for hydroxylation is 1. The van der Waals surface area contributed by atoms with Crippen LogP contribution in [0.15, 0.2) is 36.7 Å². The topological polar surface area (TPSA) is 76.5 Å². The normalized spacial score (nSPS) is 14.0. The van der Waals surface area contributed by atoms with Crippen molar-refractivity contribution in [3.05, 3.63) is 59.0 Å². The molecule has 6 heteroatoms. The van der Waals surface area contributed by atoms with Crippen LogP contribution in [0, 0.1) is 6.92 Å². The number of carbonyl (C=O) groups excluding carboxylic acids is 1. The van der Waals surface area contributed by atoms with Gasteiger partial charge in [0.15, 0.2) is 5.82 Å². The van der Waals surface area contributed by atoms with Gasteiger partial charge in [-0.05, 0) is 36.1 Å². The Balaban J connectivity index is 1.70. The largest absolute Gasteiger partial charge is 0.369 e. The third-order valence-electron chi connectivity index (χ3n) is 4.52. The molecule has 3 aromatic rings. The summed E-state index contributed by atoms with van der Waals surface area (Å²) in [6.45, 7) is 3.62. The molecule has 1 amide bonds. The molecule has 2 N–H and O–H groups in total. The van der Waals surface area contributed by atoms with E-state index < -0.39 is 0 Å². The van der Waals surface area contributed by atoms with Crippen molar-refractivity contribution in [3.8, 4) is 0 Å². The molecule has 122 valence electrons. The van der Waals surface area contributed by atoms with Gasteiger partial charge in [-0.3, -0.25) is 4.79 Å². The van der Waals surface area contributed by atoms with Gasteiger partial charge in [-0.25, -0.2) is 9.50 Å². The van der Waals surface area contributed by atoms with E-state index >= 15 is 0 Å². The van der Waals surface area contributed by atoms with Crippen LogP contribution in [-0.2, 0) is 24.2 Å². The Morgan fingerprint density at radius 2 is 2.25 bits per heavy atom. The number of aromatic nitrogens is 3. The molecule has 0 aliphatic carbocycles. The molecule has 0 saturated carbocycles. The smallest absolute Gasteiger partial charge is 0.221 e. The lowest BCUT2D eigenvalue weighted by Crippen LogP contribution is -2.32. The van der Waals surface area contributed by atoms with Crippen molar-refractivity contribution in [2.24, 2.45) is 5.73 Å². The summed E-state index contributed by atoms with van der Waals surface area (Å²) in [6.07, 6.45) is 4.84. The van der Waals surface area contributed by atoms with Crippen molar-refractivity contribution in [1.82, 2.24) is 14.6 Å². The summed E-state index contributed by atoms with van der Waals surface area (Å²) >= 11 is 0. The summed E-state index contributed by atoms with van der Waals surface area (Å²) < 4.78 is 1.87. The molecule has 1 aliphatic rings. The number of primary amides is 1. The molecule has 0 saturated heterocycles. The van der Waals surface area contributed by atoms with Crippen molar-refractivity contribution in [1.29, 1.82) is 0 Å². The minimum absolute atomic E-state index is 0.285. The molecule has 1 aliphatic heterocycles. The lowest BCUT2D eigenvalue weighted by Gasteiger charge is -2.31. The van der Waals surface area contributed by atoms with Crippen LogP contribution in [0.2, 0.25) is 0 Å². The fourth-order valence-corrected chi connectivity index (χ4v) is 3.50. The Hall–Kier alpha value is -2.89. The van der Waals surface area contributed by atoms with Crippen LogP contribution in [-0.4, -0.2) is 27.0 Å². The maximum Gasteiger partial charge on any atom is 0.221 e. The van der Waals surface area contributed by atoms with Crippen molar-refractivity contribution < 1.29 is 4.79 Å². The number of nitrogens with two attached hydrogens (primary N) is 1. The van der Waals surface area contributed by atoms with E-state index in [0.717, 1.165) is 42.1 Å². The number of carbonyl (C=O) groups is 1. The van der Waals surface area contributed by atoms with E-state index in [2.05, 4.69) is 27.1 Å². The van der Waals surface area contributed by atoms with E-state index in [1.807, 2.05) is 29.8 Å². The molecule has 0 unspecified atom stereocenters. The van der Waals surface area contributed by atoms with Gasteiger partial charge in [0, 0.05) is 25.5 Å². The van der Waals surface area contributed by atoms with Crippen LogP contribution in [0.3, 0.4) is 0 Å². The second kappa shape index (κ2) is 5.63.